The van der Waals surface area contributed by atoms with Gasteiger partial charge in [0, 0.05) is 24.4 Å². The molecule has 0 unspecified atom stereocenters. The maximum Gasteiger partial charge on any atom is 0.409 e. The van der Waals surface area contributed by atoms with Gasteiger partial charge in [-0.1, -0.05) is 0 Å². The Morgan fingerprint density at radius 1 is 1.33 bits per heavy atom. The second kappa shape index (κ2) is 6.01. The molecule has 2 fully saturated rings. The van der Waals surface area contributed by atoms with Crippen LogP contribution in [-0.2, 0) is 4.74 Å². The van der Waals surface area contributed by atoms with Gasteiger partial charge in [-0.25, -0.2) is 14.6 Å². The van der Waals surface area contributed by atoms with Gasteiger partial charge in [-0.15, -0.1) is 11.3 Å². The van der Waals surface area contributed by atoms with Gasteiger partial charge in [-0.05, 0) is 31.6 Å². The third-order valence-electron chi connectivity index (χ3n) is 3.98. The number of carboxylic acid groups (broad SMARTS) is 1. The third-order valence-corrected chi connectivity index (χ3v) is 4.99. The number of carbonyl (C=O) groups excluding carboxylic acids is 1. The van der Waals surface area contributed by atoms with Crippen molar-refractivity contribution in [1.29, 1.82) is 0 Å². The first-order chi connectivity index (χ1) is 10.1. The molecule has 1 aromatic heterocycles. The number of piperidine rings is 1. The van der Waals surface area contributed by atoms with Crippen molar-refractivity contribution >= 4 is 23.4 Å². The molecular formula is C14H18N2O4S. The minimum absolute atomic E-state index is 0.112. The lowest BCUT2D eigenvalue weighted by atomic mass is 9.98. The highest BCUT2D eigenvalue weighted by Crippen LogP contribution is 2.31. The first-order valence-electron chi connectivity index (χ1n) is 7.24. The lowest BCUT2D eigenvalue weighted by molar-refractivity contribution is 0.0691. The first kappa shape index (κ1) is 14.3. The van der Waals surface area contributed by atoms with Gasteiger partial charge in [-0.2, -0.15) is 0 Å². The number of nitrogens with zero attached hydrogens (tertiary/aromatic N) is 2. The summed E-state index contributed by atoms with van der Waals surface area (Å²) in [5.74, 6) is -0.162. The van der Waals surface area contributed by atoms with Crippen LogP contribution in [0.1, 0.15) is 47.1 Å². The van der Waals surface area contributed by atoms with Crippen molar-refractivity contribution in [2.24, 2.45) is 5.92 Å². The fourth-order valence-corrected chi connectivity index (χ4v) is 3.41. The van der Waals surface area contributed by atoms with Crippen LogP contribution in [0.15, 0.2) is 5.38 Å². The Morgan fingerprint density at radius 2 is 2.05 bits per heavy atom. The Balaban J connectivity index is 1.49. The van der Waals surface area contributed by atoms with Crippen molar-refractivity contribution in [1.82, 2.24) is 9.88 Å². The Hall–Kier alpha value is -1.63. The van der Waals surface area contributed by atoms with Gasteiger partial charge >= 0.3 is 12.1 Å². The standard InChI is InChI=1S/C14H18N2O4S/c17-13(18)11-8-21-12(15-11)10-3-5-16(6-4-10)14(19)20-7-9-1-2-9/h8-10H,1-7H2,(H,17,18). The van der Waals surface area contributed by atoms with E-state index in [1.54, 1.807) is 10.3 Å². The second-order valence-corrected chi connectivity index (χ2v) is 6.55. The fourth-order valence-electron chi connectivity index (χ4n) is 2.45. The molecular weight excluding hydrogens is 292 g/mol. The van der Waals surface area contributed by atoms with E-state index in [9.17, 15) is 9.59 Å². The number of hydrogen-bond acceptors (Lipinski definition) is 5. The molecule has 2 heterocycles. The van der Waals surface area contributed by atoms with E-state index in [1.165, 1.54) is 24.2 Å². The van der Waals surface area contributed by atoms with Crippen LogP contribution in [0, 0.1) is 5.92 Å². The molecule has 21 heavy (non-hydrogen) atoms. The first-order valence-corrected chi connectivity index (χ1v) is 8.12. The van der Waals surface area contributed by atoms with Gasteiger partial charge in [0.1, 0.15) is 0 Å². The lowest BCUT2D eigenvalue weighted by Gasteiger charge is -2.30. The third kappa shape index (κ3) is 3.53. The Kier molecular flexibility index (Phi) is 4.10. The largest absolute Gasteiger partial charge is 0.476 e. The number of amides is 1. The Morgan fingerprint density at radius 3 is 2.62 bits per heavy atom. The molecule has 1 N–H and O–H groups in total. The zero-order valence-corrected chi connectivity index (χ0v) is 12.5. The topological polar surface area (TPSA) is 79.7 Å². The number of hydrogen-bond donors (Lipinski definition) is 1. The van der Waals surface area contributed by atoms with E-state index < -0.39 is 5.97 Å². The Bertz CT molecular complexity index is 533. The SMILES string of the molecule is O=C(O)c1csc(C2CCN(C(=O)OCC3CC3)CC2)n1. The minimum Gasteiger partial charge on any atom is -0.476 e. The Labute approximate surface area is 126 Å². The summed E-state index contributed by atoms with van der Waals surface area (Å²) in [6, 6.07) is 0. The van der Waals surface area contributed by atoms with Crippen LogP contribution in [0.4, 0.5) is 4.79 Å². The molecule has 7 heteroatoms. The van der Waals surface area contributed by atoms with Gasteiger partial charge < -0.3 is 14.7 Å². The summed E-state index contributed by atoms with van der Waals surface area (Å²) in [6.45, 7) is 1.85. The average molecular weight is 310 g/mol. The van der Waals surface area contributed by atoms with Crippen LogP contribution in [0.5, 0.6) is 0 Å². The number of carboxylic acids is 1. The molecule has 0 spiro atoms. The summed E-state index contributed by atoms with van der Waals surface area (Å²) in [4.78, 5) is 28.6. The maximum atomic E-state index is 11.9. The number of likely N-dealkylation sites (tertiary alicyclic amines) is 1. The lowest BCUT2D eigenvalue weighted by Crippen LogP contribution is -2.38. The average Bonchev–Trinajstić information content (AvgIpc) is 3.18. The van der Waals surface area contributed by atoms with E-state index in [0.29, 0.717) is 25.6 Å². The molecule has 1 aromatic rings. The van der Waals surface area contributed by atoms with Crippen LogP contribution < -0.4 is 0 Å². The number of aromatic carboxylic acids is 1. The van der Waals surface area contributed by atoms with E-state index in [1.807, 2.05) is 0 Å². The van der Waals surface area contributed by atoms with Crippen molar-refractivity contribution in [3.05, 3.63) is 16.1 Å². The van der Waals surface area contributed by atoms with Gasteiger partial charge in [0.2, 0.25) is 0 Å². The van der Waals surface area contributed by atoms with Crippen molar-refractivity contribution < 1.29 is 19.4 Å². The number of ether oxygens (including phenoxy) is 1. The molecule has 0 aromatic carbocycles. The molecule has 3 rings (SSSR count). The van der Waals surface area contributed by atoms with Crippen molar-refractivity contribution in [3.63, 3.8) is 0 Å². The van der Waals surface area contributed by atoms with E-state index >= 15 is 0 Å². The number of carbonyl (C=O) groups is 2. The quantitative estimate of drug-likeness (QED) is 0.924. The predicted molar refractivity (Wildman–Crippen MR) is 76.7 cm³/mol. The maximum absolute atomic E-state index is 11.9. The van der Waals surface area contributed by atoms with E-state index in [4.69, 9.17) is 9.84 Å². The summed E-state index contributed by atoms with van der Waals surface area (Å²) in [5.41, 5.74) is 0.112. The highest BCUT2D eigenvalue weighted by atomic mass is 32.1. The summed E-state index contributed by atoms with van der Waals surface area (Å²) >= 11 is 1.39. The second-order valence-electron chi connectivity index (χ2n) is 5.66. The highest BCUT2D eigenvalue weighted by molar-refractivity contribution is 7.09. The summed E-state index contributed by atoms with van der Waals surface area (Å²) in [6.07, 6.45) is 3.75. The van der Waals surface area contributed by atoms with Crippen LogP contribution in [0.3, 0.4) is 0 Å². The molecule has 0 radical (unpaired) electrons. The van der Waals surface area contributed by atoms with Crippen molar-refractivity contribution in [3.8, 4) is 0 Å². The highest BCUT2D eigenvalue weighted by Gasteiger charge is 2.29. The smallest absolute Gasteiger partial charge is 0.409 e. The van der Waals surface area contributed by atoms with E-state index in [2.05, 4.69) is 4.98 Å². The molecule has 1 saturated heterocycles. The molecule has 1 aliphatic carbocycles. The monoisotopic (exact) mass is 310 g/mol. The molecule has 1 saturated carbocycles. The van der Waals surface area contributed by atoms with E-state index in [0.717, 1.165) is 17.8 Å². The molecule has 6 nitrogen and oxygen atoms in total. The zero-order chi connectivity index (χ0) is 14.8. The molecule has 1 amide bonds. The fraction of sp³-hybridized carbons (Fsp3) is 0.643. The molecule has 114 valence electrons. The van der Waals surface area contributed by atoms with Crippen LogP contribution in [0.2, 0.25) is 0 Å². The van der Waals surface area contributed by atoms with Crippen LogP contribution >= 0.6 is 11.3 Å². The number of thiazole rings is 1. The van der Waals surface area contributed by atoms with Crippen LogP contribution in [-0.4, -0.2) is 46.7 Å². The molecule has 0 atom stereocenters. The van der Waals surface area contributed by atoms with Crippen molar-refractivity contribution in [2.45, 2.75) is 31.6 Å². The normalized spacial score (nSPS) is 19.5. The summed E-state index contributed by atoms with van der Waals surface area (Å²) in [7, 11) is 0. The molecule has 2 aliphatic rings. The minimum atomic E-state index is -0.987. The summed E-state index contributed by atoms with van der Waals surface area (Å²) < 4.78 is 5.28. The molecule has 0 bridgehead atoms. The zero-order valence-electron chi connectivity index (χ0n) is 11.7. The number of aromatic nitrogens is 1. The number of rotatable bonds is 4. The van der Waals surface area contributed by atoms with Gasteiger partial charge in [0.15, 0.2) is 5.69 Å². The van der Waals surface area contributed by atoms with Gasteiger partial charge in [0.05, 0.1) is 11.6 Å². The predicted octanol–water partition coefficient (Wildman–Crippen LogP) is 2.57. The summed E-state index contributed by atoms with van der Waals surface area (Å²) in [5, 5.41) is 11.3. The van der Waals surface area contributed by atoms with Gasteiger partial charge in [-0.3, -0.25) is 0 Å². The van der Waals surface area contributed by atoms with Crippen molar-refractivity contribution in [2.75, 3.05) is 19.7 Å². The van der Waals surface area contributed by atoms with Gasteiger partial charge in [0.25, 0.3) is 0 Å². The van der Waals surface area contributed by atoms with Crippen LogP contribution in [0.25, 0.3) is 0 Å². The van der Waals surface area contributed by atoms with E-state index in [-0.39, 0.29) is 17.7 Å². The molecule has 1 aliphatic heterocycles.